The Morgan fingerprint density at radius 3 is 3.11 bits per heavy atom. The molecular weight excluding hydrogens is 242 g/mol. The van der Waals surface area contributed by atoms with Crippen LogP contribution in [0.5, 0.6) is 0 Å². The number of pyridine rings is 1. The fraction of sp³-hybridized carbons (Fsp3) is 0.429. The highest BCUT2D eigenvalue weighted by atomic mass is 16.5. The number of carbonyl (C=O) groups excluding carboxylic acids is 1. The number of amides is 1. The third-order valence-corrected chi connectivity index (χ3v) is 2.95. The maximum atomic E-state index is 12.3. The van der Waals surface area contributed by atoms with Gasteiger partial charge in [0.15, 0.2) is 0 Å². The molecule has 1 saturated heterocycles. The molecule has 1 unspecified atom stereocenters. The molecule has 0 aromatic carbocycles. The largest absolute Gasteiger partial charge is 0.377 e. The molecule has 19 heavy (non-hydrogen) atoms. The van der Waals surface area contributed by atoms with E-state index >= 15 is 0 Å². The van der Waals surface area contributed by atoms with Crippen LogP contribution in [0.3, 0.4) is 0 Å². The van der Waals surface area contributed by atoms with Crippen LogP contribution in [0.4, 0.5) is 0 Å². The minimum Gasteiger partial charge on any atom is -0.377 e. The highest BCUT2D eigenvalue weighted by Crippen LogP contribution is 2.11. The standard InChI is InChI=1S/C14H17N3O2/c1-11-10-19-8-7-17(11)14(18)13-5-4-12(9-16-13)3-2-6-15/h4-5,9,11H,6-8,10,15H2,1H3. The second-order valence-corrected chi connectivity index (χ2v) is 4.36. The number of rotatable bonds is 1. The monoisotopic (exact) mass is 259 g/mol. The number of hydrogen-bond acceptors (Lipinski definition) is 4. The molecule has 2 N–H and O–H groups in total. The maximum Gasteiger partial charge on any atom is 0.272 e. The van der Waals surface area contributed by atoms with Gasteiger partial charge in [0.25, 0.3) is 5.91 Å². The van der Waals surface area contributed by atoms with Gasteiger partial charge in [0.1, 0.15) is 5.69 Å². The number of carbonyl (C=O) groups is 1. The summed E-state index contributed by atoms with van der Waals surface area (Å²) < 4.78 is 5.32. The van der Waals surface area contributed by atoms with E-state index in [0.29, 0.717) is 32.0 Å². The van der Waals surface area contributed by atoms with Gasteiger partial charge in [0.05, 0.1) is 25.8 Å². The minimum atomic E-state index is -0.0610. The predicted molar refractivity (Wildman–Crippen MR) is 71.5 cm³/mol. The molecule has 100 valence electrons. The normalized spacial score (nSPS) is 18.6. The molecule has 0 bridgehead atoms. The molecule has 1 fully saturated rings. The third kappa shape index (κ3) is 3.31. The summed E-state index contributed by atoms with van der Waals surface area (Å²) in [6, 6.07) is 3.57. The fourth-order valence-electron chi connectivity index (χ4n) is 1.92. The van der Waals surface area contributed by atoms with Crippen molar-refractivity contribution in [1.29, 1.82) is 0 Å². The molecule has 1 aliphatic rings. The maximum absolute atomic E-state index is 12.3. The van der Waals surface area contributed by atoms with E-state index in [1.54, 1.807) is 23.2 Å². The second-order valence-electron chi connectivity index (χ2n) is 4.36. The van der Waals surface area contributed by atoms with Crippen molar-refractivity contribution in [2.45, 2.75) is 13.0 Å². The number of nitrogens with zero attached hydrogens (tertiary/aromatic N) is 2. The van der Waals surface area contributed by atoms with Crippen molar-refractivity contribution in [2.75, 3.05) is 26.3 Å². The smallest absolute Gasteiger partial charge is 0.272 e. The number of ether oxygens (including phenoxy) is 1. The first kappa shape index (κ1) is 13.5. The summed E-state index contributed by atoms with van der Waals surface area (Å²) in [4.78, 5) is 18.2. The molecule has 1 aliphatic heterocycles. The first-order valence-corrected chi connectivity index (χ1v) is 6.26. The Morgan fingerprint density at radius 2 is 2.47 bits per heavy atom. The van der Waals surface area contributed by atoms with E-state index in [1.807, 2.05) is 6.92 Å². The Hall–Kier alpha value is -1.90. The van der Waals surface area contributed by atoms with Crippen LogP contribution < -0.4 is 5.73 Å². The van der Waals surface area contributed by atoms with Crippen molar-refractivity contribution in [2.24, 2.45) is 5.73 Å². The Kier molecular flexibility index (Phi) is 4.50. The number of aromatic nitrogens is 1. The van der Waals surface area contributed by atoms with Crippen molar-refractivity contribution in [3.8, 4) is 11.8 Å². The van der Waals surface area contributed by atoms with Gasteiger partial charge in [0, 0.05) is 18.3 Å². The lowest BCUT2D eigenvalue weighted by atomic mass is 10.2. The van der Waals surface area contributed by atoms with Gasteiger partial charge < -0.3 is 15.4 Å². The Morgan fingerprint density at radius 1 is 1.63 bits per heavy atom. The van der Waals surface area contributed by atoms with Gasteiger partial charge in [-0.1, -0.05) is 11.8 Å². The molecule has 5 nitrogen and oxygen atoms in total. The van der Waals surface area contributed by atoms with E-state index < -0.39 is 0 Å². The molecule has 5 heteroatoms. The third-order valence-electron chi connectivity index (χ3n) is 2.95. The van der Waals surface area contributed by atoms with Gasteiger partial charge in [0.2, 0.25) is 0 Å². The first-order chi connectivity index (χ1) is 9.22. The Bertz CT molecular complexity index is 502. The van der Waals surface area contributed by atoms with Crippen LogP contribution in [0.2, 0.25) is 0 Å². The van der Waals surface area contributed by atoms with Crippen LogP contribution in [0.1, 0.15) is 23.0 Å². The quantitative estimate of drug-likeness (QED) is 0.734. The van der Waals surface area contributed by atoms with Crippen molar-refractivity contribution in [3.05, 3.63) is 29.6 Å². The Labute approximate surface area is 112 Å². The van der Waals surface area contributed by atoms with Crippen molar-refractivity contribution in [1.82, 2.24) is 9.88 Å². The van der Waals surface area contributed by atoms with E-state index in [9.17, 15) is 4.79 Å². The fourth-order valence-corrected chi connectivity index (χ4v) is 1.92. The summed E-state index contributed by atoms with van der Waals surface area (Å²) >= 11 is 0. The van der Waals surface area contributed by atoms with E-state index in [4.69, 9.17) is 10.5 Å². The summed E-state index contributed by atoms with van der Waals surface area (Å²) in [6.07, 6.45) is 1.60. The van der Waals surface area contributed by atoms with E-state index in [1.165, 1.54) is 0 Å². The summed E-state index contributed by atoms with van der Waals surface area (Å²) in [6.45, 7) is 4.04. The lowest BCUT2D eigenvalue weighted by molar-refractivity contribution is 0.00327. The average Bonchev–Trinajstić information content (AvgIpc) is 2.45. The van der Waals surface area contributed by atoms with Crippen LogP contribution in [0.15, 0.2) is 18.3 Å². The molecule has 2 heterocycles. The summed E-state index contributed by atoms with van der Waals surface area (Å²) in [5.74, 6) is 5.56. The molecule has 0 saturated carbocycles. The molecule has 1 amide bonds. The zero-order valence-electron chi connectivity index (χ0n) is 10.9. The van der Waals surface area contributed by atoms with Crippen LogP contribution in [0, 0.1) is 11.8 Å². The van der Waals surface area contributed by atoms with Gasteiger partial charge in [-0.3, -0.25) is 4.79 Å². The van der Waals surface area contributed by atoms with Crippen LogP contribution in [-0.4, -0.2) is 48.1 Å². The van der Waals surface area contributed by atoms with Gasteiger partial charge in [-0.05, 0) is 19.1 Å². The van der Waals surface area contributed by atoms with Gasteiger partial charge in [-0.2, -0.15) is 0 Å². The summed E-state index contributed by atoms with van der Waals surface area (Å²) in [7, 11) is 0. The van der Waals surface area contributed by atoms with Crippen LogP contribution in [0.25, 0.3) is 0 Å². The van der Waals surface area contributed by atoms with Crippen molar-refractivity contribution >= 4 is 5.91 Å². The van der Waals surface area contributed by atoms with E-state index in [-0.39, 0.29) is 11.9 Å². The highest BCUT2D eigenvalue weighted by molar-refractivity contribution is 5.92. The molecule has 1 atom stereocenters. The lowest BCUT2D eigenvalue weighted by Crippen LogP contribution is -2.47. The number of nitrogens with two attached hydrogens (primary N) is 1. The molecule has 0 radical (unpaired) electrons. The molecule has 1 aromatic rings. The van der Waals surface area contributed by atoms with Gasteiger partial charge >= 0.3 is 0 Å². The number of hydrogen-bond donors (Lipinski definition) is 1. The predicted octanol–water partition coefficient (Wildman–Crippen LogP) is 0.253. The number of morpholine rings is 1. The summed E-state index contributed by atoms with van der Waals surface area (Å²) in [5.41, 5.74) is 6.50. The average molecular weight is 259 g/mol. The zero-order valence-corrected chi connectivity index (χ0v) is 10.9. The molecule has 0 spiro atoms. The minimum absolute atomic E-state index is 0.0610. The molecular formula is C14H17N3O2. The van der Waals surface area contributed by atoms with Crippen LogP contribution in [-0.2, 0) is 4.74 Å². The van der Waals surface area contributed by atoms with E-state index in [0.717, 1.165) is 5.56 Å². The van der Waals surface area contributed by atoms with Crippen molar-refractivity contribution < 1.29 is 9.53 Å². The zero-order chi connectivity index (χ0) is 13.7. The summed E-state index contributed by atoms with van der Waals surface area (Å²) in [5, 5.41) is 0. The van der Waals surface area contributed by atoms with E-state index in [2.05, 4.69) is 16.8 Å². The van der Waals surface area contributed by atoms with Gasteiger partial charge in [-0.25, -0.2) is 4.98 Å². The SMILES string of the molecule is CC1COCCN1C(=O)c1ccc(C#CCN)cn1. The topological polar surface area (TPSA) is 68.5 Å². The Balaban J connectivity index is 2.10. The van der Waals surface area contributed by atoms with Crippen LogP contribution >= 0.6 is 0 Å². The molecule has 0 aliphatic carbocycles. The van der Waals surface area contributed by atoms with Gasteiger partial charge in [-0.15, -0.1) is 0 Å². The molecule has 1 aromatic heterocycles. The highest BCUT2D eigenvalue weighted by Gasteiger charge is 2.25. The first-order valence-electron chi connectivity index (χ1n) is 6.26. The lowest BCUT2D eigenvalue weighted by Gasteiger charge is -2.33. The second kappa shape index (κ2) is 6.32. The van der Waals surface area contributed by atoms with Crippen molar-refractivity contribution in [3.63, 3.8) is 0 Å². The molecule has 2 rings (SSSR count).